The lowest BCUT2D eigenvalue weighted by Crippen LogP contribution is -2.40. The van der Waals surface area contributed by atoms with Gasteiger partial charge in [-0.2, -0.15) is 0 Å². The van der Waals surface area contributed by atoms with Gasteiger partial charge in [-0.3, -0.25) is 14.4 Å². The van der Waals surface area contributed by atoms with Crippen molar-refractivity contribution in [2.45, 2.75) is 12.8 Å². The predicted octanol–water partition coefficient (Wildman–Crippen LogP) is 0.312. The minimum Gasteiger partial charge on any atom is -0.481 e. The summed E-state index contributed by atoms with van der Waals surface area (Å²) in [6.45, 7) is 0.819. The molecule has 0 bridgehead atoms. The summed E-state index contributed by atoms with van der Waals surface area (Å²) in [5.41, 5.74) is -0.0717. The Kier molecular flexibility index (Phi) is 3.45. The van der Waals surface area contributed by atoms with Crippen molar-refractivity contribution in [2.75, 3.05) is 13.1 Å². The second-order valence-corrected chi connectivity index (χ2v) is 4.33. The van der Waals surface area contributed by atoms with Crippen molar-refractivity contribution in [3.8, 4) is 0 Å². The molecule has 0 aromatic carbocycles. The Labute approximate surface area is 103 Å². The molecule has 0 spiro atoms. The van der Waals surface area contributed by atoms with Gasteiger partial charge in [-0.25, -0.2) is 0 Å². The van der Waals surface area contributed by atoms with E-state index < -0.39 is 5.97 Å². The van der Waals surface area contributed by atoms with Crippen LogP contribution in [0, 0.1) is 5.92 Å². The second-order valence-electron chi connectivity index (χ2n) is 4.33. The van der Waals surface area contributed by atoms with Crippen LogP contribution in [-0.2, 0) is 4.79 Å². The normalized spacial score (nSPS) is 16.6. The third-order valence-electron chi connectivity index (χ3n) is 3.13. The number of nitrogens with one attached hydrogen (secondary N) is 1. The number of carbonyl (C=O) groups is 2. The maximum absolute atomic E-state index is 12.0. The number of hydrogen-bond donors (Lipinski definition) is 2. The minimum absolute atomic E-state index is 0.247. The molecule has 1 aromatic rings. The average molecular weight is 250 g/mol. The molecular weight excluding hydrogens is 236 g/mol. The van der Waals surface area contributed by atoms with Crippen LogP contribution in [0.2, 0.25) is 0 Å². The molecule has 0 saturated carbocycles. The van der Waals surface area contributed by atoms with Gasteiger partial charge >= 0.3 is 5.97 Å². The zero-order valence-electron chi connectivity index (χ0n) is 9.76. The first-order valence-corrected chi connectivity index (χ1v) is 5.79. The molecule has 0 radical (unpaired) electrons. The number of aromatic amines is 1. The van der Waals surface area contributed by atoms with E-state index in [1.165, 1.54) is 12.1 Å². The van der Waals surface area contributed by atoms with Gasteiger partial charge in [0, 0.05) is 19.2 Å². The Morgan fingerprint density at radius 3 is 2.50 bits per heavy atom. The number of amides is 1. The van der Waals surface area contributed by atoms with Crippen molar-refractivity contribution < 1.29 is 14.7 Å². The highest BCUT2D eigenvalue weighted by atomic mass is 16.4. The molecule has 1 aliphatic rings. The van der Waals surface area contributed by atoms with E-state index in [9.17, 15) is 14.4 Å². The highest BCUT2D eigenvalue weighted by Gasteiger charge is 2.27. The summed E-state index contributed by atoms with van der Waals surface area (Å²) in [7, 11) is 0. The van der Waals surface area contributed by atoms with E-state index in [-0.39, 0.29) is 23.1 Å². The molecule has 1 aliphatic heterocycles. The lowest BCUT2D eigenvalue weighted by Gasteiger charge is -2.29. The molecule has 96 valence electrons. The molecule has 1 aromatic heterocycles. The third kappa shape index (κ3) is 2.58. The fraction of sp³-hybridized carbons (Fsp3) is 0.417. The molecule has 2 rings (SSSR count). The number of pyridine rings is 1. The number of carboxylic acids is 1. The van der Waals surface area contributed by atoms with Crippen LogP contribution >= 0.6 is 0 Å². The fourth-order valence-corrected chi connectivity index (χ4v) is 2.07. The Hall–Kier alpha value is -2.11. The number of aromatic nitrogens is 1. The minimum atomic E-state index is -0.810. The molecule has 0 aliphatic carbocycles. The van der Waals surface area contributed by atoms with Crippen molar-refractivity contribution in [2.24, 2.45) is 5.92 Å². The van der Waals surface area contributed by atoms with Gasteiger partial charge in [0.15, 0.2) is 0 Å². The van der Waals surface area contributed by atoms with Gasteiger partial charge in [-0.1, -0.05) is 6.07 Å². The van der Waals surface area contributed by atoms with Crippen LogP contribution < -0.4 is 5.56 Å². The highest BCUT2D eigenvalue weighted by Crippen LogP contribution is 2.18. The van der Waals surface area contributed by atoms with E-state index in [1.54, 1.807) is 11.0 Å². The van der Waals surface area contributed by atoms with Crippen LogP contribution in [0.5, 0.6) is 0 Å². The number of H-pyrrole nitrogens is 1. The molecule has 18 heavy (non-hydrogen) atoms. The number of carbonyl (C=O) groups excluding carboxylic acids is 1. The van der Waals surface area contributed by atoms with E-state index in [2.05, 4.69) is 4.98 Å². The summed E-state index contributed by atoms with van der Waals surface area (Å²) in [6, 6.07) is 4.41. The van der Waals surface area contributed by atoms with E-state index in [0.29, 0.717) is 25.9 Å². The Morgan fingerprint density at radius 1 is 1.28 bits per heavy atom. The van der Waals surface area contributed by atoms with Gasteiger partial charge in [0.05, 0.1) is 5.92 Å². The topological polar surface area (TPSA) is 90.5 Å². The number of aliphatic carboxylic acids is 1. The largest absolute Gasteiger partial charge is 0.481 e. The maximum Gasteiger partial charge on any atom is 0.306 e. The summed E-state index contributed by atoms with van der Waals surface area (Å²) in [4.78, 5) is 38.0. The maximum atomic E-state index is 12.0. The lowest BCUT2D eigenvalue weighted by molar-refractivity contribution is -0.143. The average Bonchev–Trinajstić information content (AvgIpc) is 2.38. The molecule has 1 amide bonds. The zero-order chi connectivity index (χ0) is 13.1. The van der Waals surface area contributed by atoms with E-state index >= 15 is 0 Å². The highest BCUT2D eigenvalue weighted by molar-refractivity contribution is 5.92. The molecule has 2 heterocycles. The standard InChI is InChI=1S/C12H14N2O4/c15-10-3-1-2-9(13-10)11(16)14-6-4-8(5-7-14)12(17)18/h1-3,8H,4-7H2,(H,13,15)(H,17,18). The summed E-state index contributed by atoms with van der Waals surface area (Å²) >= 11 is 0. The molecular formula is C12H14N2O4. The van der Waals surface area contributed by atoms with Crippen molar-refractivity contribution in [3.63, 3.8) is 0 Å². The van der Waals surface area contributed by atoms with Gasteiger partial charge in [-0.15, -0.1) is 0 Å². The van der Waals surface area contributed by atoms with Gasteiger partial charge in [-0.05, 0) is 18.9 Å². The summed E-state index contributed by atoms with van der Waals surface area (Å²) in [5.74, 6) is -1.43. The van der Waals surface area contributed by atoms with Gasteiger partial charge in [0.1, 0.15) is 5.69 Å². The Morgan fingerprint density at radius 2 is 1.94 bits per heavy atom. The Balaban J connectivity index is 2.04. The second kappa shape index (κ2) is 5.03. The van der Waals surface area contributed by atoms with E-state index in [1.807, 2.05) is 0 Å². The quantitative estimate of drug-likeness (QED) is 0.790. The van der Waals surface area contributed by atoms with Crippen LogP contribution in [0.4, 0.5) is 0 Å². The number of nitrogens with zero attached hydrogens (tertiary/aromatic N) is 1. The lowest BCUT2D eigenvalue weighted by atomic mass is 9.97. The molecule has 0 atom stereocenters. The van der Waals surface area contributed by atoms with E-state index in [0.717, 1.165) is 0 Å². The molecule has 0 unspecified atom stereocenters. The molecule has 2 N–H and O–H groups in total. The van der Waals surface area contributed by atoms with Crippen LogP contribution in [-0.4, -0.2) is 40.0 Å². The van der Waals surface area contributed by atoms with Crippen LogP contribution in [0.1, 0.15) is 23.3 Å². The van der Waals surface area contributed by atoms with Crippen LogP contribution in [0.25, 0.3) is 0 Å². The number of carboxylic acid groups (broad SMARTS) is 1. The molecule has 6 heteroatoms. The Bertz CT molecular complexity index is 515. The number of piperidine rings is 1. The van der Waals surface area contributed by atoms with Gasteiger partial charge < -0.3 is 15.0 Å². The van der Waals surface area contributed by atoms with Gasteiger partial charge in [0.2, 0.25) is 5.56 Å². The third-order valence-corrected chi connectivity index (χ3v) is 3.13. The van der Waals surface area contributed by atoms with Crippen LogP contribution in [0.15, 0.2) is 23.0 Å². The smallest absolute Gasteiger partial charge is 0.306 e. The summed E-state index contributed by atoms with van der Waals surface area (Å²) in [6.07, 6.45) is 0.913. The van der Waals surface area contributed by atoms with Crippen molar-refractivity contribution >= 4 is 11.9 Å². The van der Waals surface area contributed by atoms with Crippen LogP contribution in [0.3, 0.4) is 0 Å². The van der Waals surface area contributed by atoms with Gasteiger partial charge in [0.25, 0.3) is 5.91 Å². The first-order chi connectivity index (χ1) is 8.58. The van der Waals surface area contributed by atoms with Crippen molar-refractivity contribution in [3.05, 3.63) is 34.2 Å². The molecule has 6 nitrogen and oxygen atoms in total. The predicted molar refractivity (Wildman–Crippen MR) is 63.3 cm³/mol. The van der Waals surface area contributed by atoms with Crippen molar-refractivity contribution in [1.29, 1.82) is 0 Å². The summed E-state index contributed by atoms with van der Waals surface area (Å²) < 4.78 is 0. The van der Waals surface area contributed by atoms with Crippen molar-refractivity contribution in [1.82, 2.24) is 9.88 Å². The molecule has 1 saturated heterocycles. The SMILES string of the molecule is O=C(O)C1CCN(C(=O)c2cccc(=O)[nH]2)CC1. The van der Waals surface area contributed by atoms with E-state index in [4.69, 9.17) is 5.11 Å². The number of likely N-dealkylation sites (tertiary alicyclic amines) is 1. The summed E-state index contributed by atoms with van der Waals surface area (Å²) in [5, 5.41) is 8.87. The number of hydrogen-bond acceptors (Lipinski definition) is 3. The first-order valence-electron chi connectivity index (χ1n) is 5.79. The fourth-order valence-electron chi connectivity index (χ4n) is 2.07. The first kappa shape index (κ1) is 12.3. The zero-order valence-corrected chi connectivity index (χ0v) is 9.76. The molecule has 1 fully saturated rings. The number of rotatable bonds is 2. The monoisotopic (exact) mass is 250 g/mol.